The summed E-state index contributed by atoms with van der Waals surface area (Å²) in [4.78, 5) is 11.9. The predicted molar refractivity (Wildman–Crippen MR) is 80.9 cm³/mol. The van der Waals surface area contributed by atoms with Gasteiger partial charge in [0.05, 0.1) is 11.5 Å². The van der Waals surface area contributed by atoms with Crippen molar-refractivity contribution in [3.63, 3.8) is 0 Å². The van der Waals surface area contributed by atoms with Crippen LogP contribution < -0.4 is 5.73 Å². The van der Waals surface area contributed by atoms with E-state index in [1.807, 2.05) is 25.1 Å². The van der Waals surface area contributed by atoms with Gasteiger partial charge < -0.3 is 15.9 Å². The van der Waals surface area contributed by atoms with E-state index < -0.39 is 11.6 Å². The Bertz CT molecular complexity index is 496. The monoisotopic (exact) mass is 295 g/mol. The van der Waals surface area contributed by atoms with Gasteiger partial charge in [-0.15, -0.1) is 11.8 Å². The number of anilines is 1. The van der Waals surface area contributed by atoms with Crippen LogP contribution >= 0.6 is 11.8 Å². The minimum atomic E-state index is -0.771. The maximum Gasteiger partial charge on any atom is 0.306 e. The van der Waals surface area contributed by atoms with E-state index in [1.54, 1.807) is 11.8 Å². The second-order valence-electron chi connectivity index (χ2n) is 5.67. The molecule has 5 heteroatoms. The maximum absolute atomic E-state index is 10.9. The standard InChI is InChI=1S/C15H21NO3S/c1-10-2-3-12(16)13(8-10)20-9-15(19)6-4-11(5-7-15)14(17)18/h2-3,8,11,19H,4-7,9,16H2,1H3,(H,17,18). The lowest BCUT2D eigenvalue weighted by Crippen LogP contribution is -2.38. The molecule has 0 bridgehead atoms. The highest BCUT2D eigenvalue weighted by molar-refractivity contribution is 7.99. The summed E-state index contributed by atoms with van der Waals surface area (Å²) in [5.74, 6) is -0.487. The number of aryl methyl sites for hydroxylation is 1. The first-order chi connectivity index (χ1) is 9.39. The average molecular weight is 295 g/mol. The van der Waals surface area contributed by atoms with Crippen LogP contribution in [0.25, 0.3) is 0 Å². The molecule has 0 aromatic heterocycles. The summed E-state index contributed by atoms with van der Waals surface area (Å²) < 4.78 is 0. The molecule has 4 N–H and O–H groups in total. The zero-order valence-corrected chi connectivity index (χ0v) is 12.4. The molecule has 0 heterocycles. The van der Waals surface area contributed by atoms with E-state index >= 15 is 0 Å². The molecule has 1 aromatic carbocycles. The first-order valence-corrected chi connectivity index (χ1v) is 7.82. The molecule has 0 spiro atoms. The van der Waals surface area contributed by atoms with Gasteiger partial charge >= 0.3 is 5.97 Å². The number of hydrogen-bond donors (Lipinski definition) is 3. The number of carbonyl (C=O) groups is 1. The number of aliphatic carboxylic acids is 1. The third kappa shape index (κ3) is 3.67. The number of nitrogens with two attached hydrogens (primary N) is 1. The van der Waals surface area contributed by atoms with Crippen LogP contribution in [0.2, 0.25) is 0 Å². The minimum Gasteiger partial charge on any atom is -0.481 e. The molecule has 110 valence electrons. The largest absolute Gasteiger partial charge is 0.481 e. The topological polar surface area (TPSA) is 83.5 Å². The summed E-state index contributed by atoms with van der Waals surface area (Å²) >= 11 is 1.55. The maximum atomic E-state index is 10.9. The average Bonchev–Trinajstić information content (AvgIpc) is 2.40. The first-order valence-electron chi connectivity index (χ1n) is 6.84. The van der Waals surface area contributed by atoms with E-state index in [0.717, 1.165) is 16.1 Å². The molecular formula is C15H21NO3S. The highest BCUT2D eigenvalue weighted by Crippen LogP contribution is 2.37. The van der Waals surface area contributed by atoms with Gasteiger partial charge in [-0.1, -0.05) is 6.07 Å². The fourth-order valence-electron chi connectivity index (χ4n) is 2.53. The lowest BCUT2D eigenvalue weighted by molar-refractivity contribution is -0.144. The number of rotatable bonds is 4. The Hall–Kier alpha value is -1.20. The number of benzene rings is 1. The zero-order chi connectivity index (χ0) is 14.8. The summed E-state index contributed by atoms with van der Waals surface area (Å²) in [5, 5.41) is 19.5. The molecule has 1 aromatic rings. The Morgan fingerprint density at radius 3 is 2.70 bits per heavy atom. The van der Waals surface area contributed by atoms with Crippen LogP contribution in [0, 0.1) is 12.8 Å². The molecule has 1 saturated carbocycles. The van der Waals surface area contributed by atoms with Crippen molar-refractivity contribution in [1.29, 1.82) is 0 Å². The van der Waals surface area contributed by atoms with Gasteiger partial charge in [-0.05, 0) is 50.3 Å². The lowest BCUT2D eigenvalue weighted by atomic mass is 9.80. The Morgan fingerprint density at radius 1 is 1.45 bits per heavy atom. The molecule has 20 heavy (non-hydrogen) atoms. The number of carboxylic acids is 1. The number of thioether (sulfide) groups is 1. The fraction of sp³-hybridized carbons (Fsp3) is 0.533. The van der Waals surface area contributed by atoms with Gasteiger partial charge in [0.15, 0.2) is 0 Å². The van der Waals surface area contributed by atoms with Crippen molar-refractivity contribution in [2.75, 3.05) is 11.5 Å². The van der Waals surface area contributed by atoms with Gasteiger partial charge in [0.25, 0.3) is 0 Å². The molecule has 1 aliphatic carbocycles. The van der Waals surface area contributed by atoms with Crippen LogP contribution in [0.1, 0.15) is 31.2 Å². The molecule has 1 fully saturated rings. The second-order valence-corrected chi connectivity index (χ2v) is 6.68. The van der Waals surface area contributed by atoms with Gasteiger partial charge in [0.2, 0.25) is 0 Å². The molecule has 0 radical (unpaired) electrons. The molecule has 0 saturated heterocycles. The van der Waals surface area contributed by atoms with Crippen molar-refractivity contribution in [2.45, 2.75) is 43.1 Å². The SMILES string of the molecule is Cc1ccc(N)c(SCC2(O)CCC(C(=O)O)CC2)c1. The molecule has 0 aliphatic heterocycles. The molecule has 0 amide bonds. The Kier molecular flexibility index (Phi) is 4.60. The normalized spacial score (nSPS) is 26.4. The van der Waals surface area contributed by atoms with Crippen molar-refractivity contribution in [3.8, 4) is 0 Å². The van der Waals surface area contributed by atoms with Crippen molar-refractivity contribution in [2.24, 2.45) is 5.92 Å². The van der Waals surface area contributed by atoms with E-state index in [1.165, 1.54) is 0 Å². The van der Waals surface area contributed by atoms with E-state index in [4.69, 9.17) is 10.8 Å². The molecule has 1 aliphatic rings. The van der Waals surface area contributed by atoms with Crippen molar-refractivity contribution in [3.05, 3.63) is 23.8 Å². The number of nitrogen functional groups attached to an aromatic ring is 1. The van der Waals surface area contributed by atoms with E-state index in [2.05, 4.69) is 0 Å². The summed E-state index contributed by atoms with van der Waals surface area (Å²) in [6, 6.07) is 5.86. The van der Waals surface area contributed by atoms with Crippen molar-refractivity contribution in [1.82, 2.24) is 0 Å². The van der Waals surface area contributed by atoms with Gasteiger partial charge in [-0.3, -0.25) is 4.79 Å². The van der Waals surface area contributed by atoms with Gasteiger partial charge in [-0.25, -0.2) is 0 Å². The van der Waals surface area contributed by atoms with E-state index in [-0.39, 0.29) is 5.92 Å². The van der Waals surface area contributed by atoms with Gasteiger partial charge in [0, 0.05) is 16.3 Å². The van der Waals surface area contributed by atoms with Crippen LogP contribution in [-0.4, -0.2) is 27.5 Å². The molecular weight excluding hydrogens is 274 g/mol. The predicted octanol–water partition coefficient (Wildman–Crippen LogP) is 2.68. The number of aliphatic hydroxyl groups is 1. The summed E-state index contributed by atoms with van der Waals surface area (Å²) in [7, 11) is 0. The summed E-state index contributed by atoms with van der Waals surface area (Å²) in [6.07, 6.45) is 2.19. The minimum absolute atomic E-state index is 0.302. The summed E-state index contributed by atoms with van der Waals surface area (Å²) in [6.45, 7) is 2.01. The van der Waals surface area contributed by atoms with Crippen LogP contribution in [0.4, 0.5) is 5.69 Å². The number of hydrogen-bond acceptors (Lipinski definition) is 4. The highest BCUT2D eigenvalue weighted by Gasteiger charge is 2.35. The van der Waals surface area contributed by atoms with Crippen molar-refractivity contribution >= 4 is 23.4 Å². The third-order valence-electron chi connectivity index (χ3n) is 3.93. The van der Waals surface area contributed by atoms with E-state index in [0.29, 0.717) is 31.4 Å². The molecule has 0 unspecified atom stereocenters. The van der Waals surface area contributed by atoms with Crippen molar-refractivity contribution < 1.29 is 15.0 Å². The van der Waals surface area contributed by atoms with Crippen LogP contribution in [0.5, 0.6) is 0 Å². The Morgan fingerprint density at radius 2 is 2.10 bits per heavy atom. The summed E-state index contributed by atoms with van der Waals surface area (Å²) in [5.41, 5.74) is 7.03. The lowest BCUT2D eigenvalue weighted by Gasteiger charge is -2.34. The third-order valence-corrected chi connectivity index (χ3v) is 5.28. The smallest absolute Gasteiger partial charge is 0.306 e. The van der Waals surface area contributed by atoms with Gasteiger partial charge in [0.1, 0.15) is 0 Å². The van der Waals surface area contributed by atoms with E-state index in [9.17, 15) is 9.90 Å². The Balaban J connectivity index is 1.94. The quantitative estimate of drug-likeness (QED) is 0.587. The highest BCUT2D eigenvalue weighted by atomic mass is 32.2. The number of carboxylic acid groups (broad SMARTS) is 1. The van der Waals surface area contributed by atoms with Crippen LogP contribution in [-0.2, 0) is 4.79 Å². The first kappa shape index (κ1) is 15.2. The van der Waals surface area contributed by atoms with Crippen LogP contribution in [0.15, 0.2) is 23.1 Å². The fourth-order valence-corrected chi connectivity index (χ4v) is 3.74. The second kappa shape index (κ2) is 6.06. The molecule has 0 atom stereocenters. The Labute approximate surface area is 123 Å². The van der Waals surface area contributed by atoms with Gasteiger partial charge in [-0.2, -0.15) is 0 Å². The molecule has 2 rings (SSSR count). The van der Waals surface area contributed by atoms with Crippen LogP contribution in [0.3, 0.4) is 0 Å². The molecule has 4 nitrogen and oxygen atoms in total. The zero-order valence-electron chi connectivity index (χ0n) is 11.6.